The van der Waals surface area contributed by atoms with Gasteiger partial charge in [0.25, 0.3) is 0 Å². The van der Waals surface area contributed by atoms with E-state index in [9.17, 15) is 0 Å². The lowest BCUT2D eigenvalue weighted by Gasteiger charge is -2.11. The summed E-state index contributed by atoms with van der Waals surface area (Å²) in [5.41, 5.74) is 4.24. The van der Waals surface area contributed by atoms with Gasteiger partial charge in [-0.2, -0.15) is 6.57 Å². The molecule has 0 aliphatic heterocycles. The molecular formula is C24H23N3O. The van der Waals surface area contributed by atoms with Crippen molar-refractivity contribution in [2.45, 2.75) is 25.7 Å². The van der Waals surface area contributed by atoms with Gasteiger partial charge in [0.2, 0.25) is 0 Å². The molecule has 4 heteroatoms. The number of ether oxygens (including phenoxy) is 1. The van der Waals surface area contributed by atoms with Crippen molar-refractivity contribution in [2.24, 2.45) is 5.10 Å². The summed E-state index contributed by atoms with van der Waals surface area (Å²) >= 11 is 0. The van der Waals surface area contributed by atoms with Crippen LogP contribution in [0, 0.1) is 6.57 Å². The van der Waals surface area contributed by atoms with Crippen LogP contribution in [-0.2, 0) is 6.42 Å². The Morgan fingerprint density at radius 1 is 0.964 bits per heavy atom. The number of pyridine rings is 1. The van der Waals surface area contributed by atoms with Gasteiger partial charge >= 0.3 is 0 Å². The van der Waals surface area contributed by atoms with Crippen LogP contribution in [0.5, 0.6) is 5.75 Å². The van der Waals surface area contributed by atoms with Gasteiger partial charge in [0.15, 0.2) is 0 Å². The smallest absolute Gasteiger partial charge is 0.127 e. The molecular weight excluding hydrogens is 346 g/mol. The van der Waals surface area contributed by atoms with E-state index in [0.717, 1.165) is 47.4 Å². The van der Waals surface area contributed by atoms with E-state index in [1.165, 1.54) is 0 Å². The van der Waals surface area contributed by atoms with E-state index >= 15 is 0 Å². The van der Waals surface area contributed by atoms with Gasteiger partial charge in [-0.05, 0) is 42.5 Å². The van der Waals surface area contributed by atoms with Crippen LogP contribution in [-0.4, -0.2) is 17.3 Å². The van der Waals surface area contributed by atoms with Crippen LogP contribution in [0.2, 0.25) is 0 Å². The summed E-state index contributed by atoms with van der Waals surface area (Å²) in [6.07, 6.45) is 6.88. The average Bonchev–Trinajstić information content (AvgIpc) is 2.75. The van der Waals surface area contributed by atoms with Crippen LogP contribution >= 0.6 is 0 Å². The Kier molecular flexibility index (Phi) is 7.34. The van der Waals surface area contributed by atoms with Crippen LogP contribution in [0.15, 0.2) is 84.2 Å². The molecule has 0 spiro atoms. The molecule has 2 aromatic carbocycles. The van der Waals surface area contributed by atoms with E-state index in [-0.39, 0.29) is 0 Å². The molecule has 0 aliphatic carbocycles. The summed E-state index contributed by atoms with van der Waals surface area (Å²) in [6.45, 7) is 7.67. The number of benzene rings is 2. The highest BCUT2D eigenvalue weighted by atomic mass is 16.5. The summed E-state index contributed by atoms with van der Waals surface area (Å²) in [5, 5.41) is 3.97. The molecule has 0 unspecified atom stereocenters. The van der Waals surface area contributed by atoms with Crippen molar-refractivity contribution in [1.82, 2.24) is 4.98 Å². The highest BCUT2D eigenvalue weighted by Crippen LogP contribution is 2.29. The molecule has 1 aromatic heterocycles. The Hall–Kier alpha value is -3.45. The standard InChI is InChI=1S/C24H23N3O/c1-25-27-22(18-20-10-9-16-26-19-20)13-7-8-17-28-24-15-6-5-14-23(24)21-11-3-2-4-12-21/h2-6,9-12,14-16,19H,7-8,13,17-18H2/b27-22+. The first-order chi connectivity index (χ1) is 13.9. The maximum absolute atomic E-state index is 7.03. The third-order valence-corrected chi connectivity index (χ3v) is 4.41. The second-order valence-electron chi connectivity index (χ2n) is 6.47. The van der Waals surface area contributed by atoms with Crippen molar-refractivity contribution in [1.29, 1.82) is 0 Å². The van der Waals surface area contributed by atoms with Crippen LogP contribution in [0.25, 0.3) is 16.1 Å². The maximum atomic E-state index is 7.03. The fourth-order valence-electron chi connectivity index (χ4n) is 3.04. The average molecular weight is 369 g/mol. The number of para-hydroxylation sites is 1. The number of unbranched alkanes of at least 4 members (excludes halogenated alkanes) is 1. The predicted octanol–water partition coefficient (Wildman–Crippen LogP) is 5.82. The lowest BCUT2D eigenvalue weighted by molar-refractivity contribution is 0.309. The summed E-state index contributed by atoms with van der Waals surface area (Å²) in [6, 6.07) is 22.3. The molecule has 3 rings (SSSR count). The largest absolute Gasteiger partial charge is 0.493 e. The quantitative estimate of drug-likeness (QED) is 0.206. The molecule has 4 nitrogen and oxygen atoms in total. The molecule has 1 heterocycles. The normalized spacial score (nSPS) is 11.0. The minimum absolute atomic E-state index is 0.641. The van der Waals surface area contributed by atoms with Gasteiger partial charge in [0, 0.05) is 24.4 Å². The lowest BCUT2D eigenvalue weighted by atomic mass is 10.0. The minimum Gasteiger partial charge on any atom is -0.493 e. The van der Waals surface area contributed by atoms with Crippen LogP contribution in [0.4, 0.5) is 0 Å². The van der Waals surface area contributed by atoms with E-state index in [4.69, 9.17) is 11.3 Å². The van der Waals surface area contributed by atoms with Gasteiger partial charge in [-0.25, -0.2) is 0 Å². The SMILES string of the molecule is [C-]#[N+]/N=C(\CCCCOc1ccccc1-c1ccccc1)Cc1cccnc1. The first kappa shape index (κ1) is 19.3. The lowest BCUT2D eigenvalue weighted by Crippen LogP contribution is -2.05. The third-order valence-electron chi connectivity index (χ3n) is 4.41. The van der Waals surface area contributed by atoms with Gasteiger partial charge in [-0.15, -0.1) is 4.95 Å². The van der Waals surface area contributed by atoms with E-state index < -0.39 is 0 Å². The Morgan fingerprint density at radius 3 is 2.57 bits per heavy atom. The van der Waals surface area contributed by atoms with Crippen LogP contribution < -0.4 is 4.74 Å². The van der Waals surface area contributed by atoms with Crippen molar-refractivity contribution in [3.8, 4) is 16.9 Å². The van der Waals surface area contributed by atoms with Crippen LogP contribution in [0.3, 0.4) is 0 Å². The number of nitrogens with zero attached hydrogens (tertiary/aromatic N) is 3. The van der Waals surface area contributed by atoms with E-state index in [0.29, 0.717) is 13.0 Å². The molecule has 0 fully saturated rings. The molecule has 0 saturated carbocycles. The molecule has 0 saturated heterocycles. The number of hydrogen-bond acceptors (Lipinski definition) is 3. The molecule has 3 aromatic rings. The highest BCUT2D eigenvalue weighted by molar-refractivity contribution is 5.86. The summed E-state index contributed by atoms with van der Waals surface area (Å²) in [4.78, 5) is 7.33. The molecule has 0 atom stereocenters. The van der Waals surface area contributed by atoms with Crippen molar-refractivity contribution >= 4 is 5.71 Å². The molecule has 0 radical (unpaired) electrons. The molecule has 0 N–H and O–H groups in total. The first-order valence-corrected chi connectivity index (χ1v) is 9.45. The fourth-order valence-corrected chi connectivity index (χ4v) is 3.04. The minimum atomic E-state index is 0.641. The molecule has 0 aliphatic rings. The van der Waals surface area contributed by atoms with E-state index in [1.54, 1.807) is 6.20 Å². The summed E-state index contributed by atoms with van der Waals surface area (Å²) in [7, 11) is 0. The first-order valence-electron chi connectivity index (χ1n) is 9.45. The van der Waals surface area contributed by atoms with E-state index in [2.05, 4.69) is 33.2 Å². The second kappa shape index (κ2) is 10.6. The molecule has 0 bridgehead atoms. The van der Waals surface area contributed by atoms with Gasteiger partial charge in [-0.1, -0.05) is 54.6 Å². The maximum Gasteiger partial charge on any atom is 0.127 e. The Labute approximate surface area is 166 Å². The summed E-state index contributed by atoms with van der Waals surface area (Å²) < 4.78 is 6.04. The molecule has 0 amide bonds. The monoisotopic (exact) mass is 369 g/mol. The second-order valence-corrected chi connectivity index (χ2v) is 6.47. The number of hydrogen-bond donors (Lipinski definition) is 0. The van der Waals surface area contributed by atoms with E-state index in [1.807, 2.05) is 54.7 Å². The molecule has 28 heavy (non-hydrogen) atoms. The van der Waals surface area contributed by atoms with Crippen molar-refractivity contribution < 1.29 is 4.74 Å². The van der Waals surface area contributed by atoms with Gasteiger partial charge in [0.1, 0.15) is 11.5 Å². The van der Waals surface area contributed by atoms with Gasteiger partial charge in [-0.3, -0.25) is 4.98 Å². The predicted molar refractivity (Wildman–Crippen MR) is 113 cm³/mol. The zero-order valence-electron chi connectivity index (χ0n) is 15.8. The Morgan fingerprint density at radius 2 is 1.79 bits per heavy atom. The topological polar surface area (TPSA) is 38.8 Å². The number of aromatic nitrogens is 1. The van der Waals surface area contributed by atoms with Crippen molar-refractivity contribution in [3.05, 3.63) is 96.2 Å². The van der Waals surface area contributed by atoms with Crippen LogP contribution in [0.1, 0.15) is 24.8 Å². The Balaban J connectivity index is 1.50. The molecule has 140 valence electrons. The summed E-state index contributed by atoms with van der Waals surface area (Å²) in [5.74, 6) is 0.902. The fraction of sp³-hybridized carbons (Fsp3) is 0.208. The number of rotatable bonds is 9. The highest BCUT2D eigenvalue weighted by Gasteiger charge is 2.07. The van der Waals surface area contributed by atoms with Crippen molar-refractivity contribution in [3.63, 3.8) is 0 Å². The zero-order chi connectivity index (χ0) is 19.4. The third kappa shape index (κ3) is 5.78. The zero-order valence-corrected chi connectivity index (χ0v) is 15.8. The van der Waals surface area contributed by atoms with Gasteiger partial charge < -0.3 is 4.74 Å². The van der Waals surface area contributed by atoms with Gasteiger partial charge in [0.05, 0.1) is 11.7 Å². The Bertz CT molecular complexity index is 931. The van der Waals surface area contributed by atoms with Crippen molar-refractivity contribution in [2.75, 3.05) is 6.61 Å².